The maximum atomic E-state index is 13.0. The van der Waals surface area contributed by atoms with E-state index in [1.165, 1.54) is 23.5 Å². The molecule has 3 aromatic rings. The van der Waals surface area contributed by atoms with Crippen molar-refractivity contribution in [2.75, 3.05) is 0 Å². The van der Waals surface area contributed by atoms with Gasteiger partial charge in [0.1, 0.15) is 5.82 Å². The highest BCUT2D eigenvalue weighted by Crippen LogP contribution is 2.24. The predicted octanol–water partition coefficient (Wildman–Crippen LogP) is 3.77. The Bertz CT molecular complexity index is 1080. The van der Waals surface area contributed by atoms with Gasteiger partial charge in [-0.1, -0.05) is 17.4 Å². The van der Waals surface area contributed by atoms with Gasteiger partial charge in [-0.3, -0.25) is 0 Å². The monoisotopic (exact) mass is 364 g/mol. The Morgan fingerprint density at radius 1 is 1.17 bits per heavy atom. The molecule has 0 unspecified atom stereocenters. The van der Waals surface area contributed by atoms with Gasteiger partial charge in [0.15, 0.2) is 0 Å². The summed E-state index contributed by atoms with van der Waals surface area (Å²) in [5.74, 6) is -0.481. The van der Waals surface area contributed by atoms with Gasteiger partial charge in [-0.2, -0.15) is 8.42 Å². The molecular formula is C17H17FN2O2S2. The third-order valence-corrected chi connectivity index (χ3v) is 6.37. The molecule has 2 aromatic carbocycles. The second kappa shape index (κ2) is 6.14. The van der Waals surface area contributed by atoms with Crippen LogP contribution in [0.25, 0.3) is 10.2 Å². The highest BCUT2D eigenvalue weighted by molar-refractivity contribution is 7.90. The average Bonchev–Trinajstić information content (AvgIpc) is 2.84. The number of aromatic nitrogens is 1. The molecule has 0 bridgehead atoms. The Labute approximate surface area is 144 Å². The number of sulfonamides is 1. The first-order valence-electron chi connectivity index (χ1n) is 7.49. The SMILES string of the molecule is CCn1c(=NS(=O)(=O)c2ccc(F)cc2)sc2c(C)cc(C)cc21. The Kier molecular flexibility index (Phi) is 4.31. The number of benzene rings is 2. The maximum Gasteiger partial charge on any atom is 0.285 e. The molecule has 126 valence electrons. The minimum absolute atomic E-state index is 0.0167. The number of hydrogen-bond acceptors (Lipinski definition) is 3. The summed E-state index contributed by atoms with van der Waals surface area (Å²) in [5, 5.41) is 0. The zero-order valence-electron chi connectivity index (χ0n) is 13.6. The minimum Gasteiger partial charge on any atom is -0.316 e. The Hall–Kier alpha value is -1.99. The molecule has 7 heteroatoms. The number of thiazole rings is 1. The topological polar surface area (TPSA) is 51.4 Å². The molecule has 0 saturated heterocycles. The van der Waals surface area contributed by atoms with Gasteiger partial charge in [0.2, 0.25) is 4.80 Å². The quantitative estimate of drug-likeness (QED) is 0.710. The van der Waals surface area contributed by atoms with Crippen LogP contribution < -0.4 is 4.80 Å². The normalized spacial score (nSPS) is 12.9. The molecule has 0 saturated carbocycles. The summed E-state index contributed by atoms with van der Waals surface area (Å²) in [5.41, 5.74) is 3.19. The number of rotatable bonds is 3. The van der Waals surface area contributed by atoms with Gasteiger partial charge in [0, 0.05) is 6.54 Å². The highest BCUT2D eigenvalue weighted by Gasteiger charge is 2.15. The maximum absolute atomic E-state index is 13.0. The molecule has 4 nitrogen and oxygen atoms in total. The zero-order valence-corrected chi connectivity index (χ0v) is 15.2. The molecule has 0 atom stereocenters. The summed E-state index contributed by atoms with van der Waals surface area (Å²) in [6, 6.07) is 8.80. The van der Waals surface area contributed by atoms with Crippen molar-refractivity contribution in [2.24, 2.45) is 4.40 Å². The minimum atomic E-state index is -3.89. The summed E-state index contributed by atoms with van der Waals surface area (Å²) < 4.78 is 45.0. The van der Waals surface area contributed by atoms with Crippen LogP contribution in [-0.2, 0) is 16.6 Å². The van der Waals surface area contributed by atoms with Crippen LogP contribution in [0.4, 0.5) is 4.39 Å². The molecule has 0 aliphatic carbocycles. The van der Waals surface area contributed by atoms with Crippen molar-refractivity contribution >= 4 is 31.6 Å². The fourth-order valence-corrected chi connectivity index (χ4v) is 5.00. The molecule has 0 fully saturated rings. The van der Waals surface area contributed by atoms with Crippen molar-refractivity contribution in [3.05, 3.63) is 58.1 Å². The van der Waals surface area contributed by atoms with Crippen molar-refractivity contribution in [3.63, 3.8) is 0 Å². The molecule has 0 aliphatic rings. The van der Waals surface area contributed by atoms with Crippen molar-refractivity contribution in [1.29, 1.82) is 0 Å². The first kappa shape index (κ1) is 16.9. The second-order valence-electron chi connectivity index (χ2n) is 5.58. The summed E-state index contributed by atoms with van der Waals surface area (Å²) in [6.45, 7) is 6.58. The Morgan fingerprint density at radius 3 is 2.46 bits per heavy atom. The fourth-order valence-electron chi connectivity index (χ4n) is 2.65. The highest BCUT2D eigenvalue weighted by atomic mass is 32.2. The van der Waals surface area contributed by atoms with E-state index in [1.54, 1.807) is 0 Å². The van der Waals surface area contributed by atoms with E-state index in [2.05, 4.69) is 10.5 Å². The van der Waals surface area contributed by atoms with Crippen LogP contribution in [0.3, 0.4) is 0 Å². The molecule has 0 spiro atoms. The van der Waals surface area contributed by atoms with Gasteiger partial charge >= 0.3 is 0 Å². The molecule has 1 heterocycles. The third kappa shape index (κ3) is 3.01. The van der Waals surface area contributed by atoms with Gasteiger partial charge < -0.3 is 4.57 Å². The number of halogens is 1. The smallest absolute Gasteiger partial charge is 0.285 e. The van der Waals surface area contributed by atoms with Crippen LogP contribution in [0, 0.1) is 19.7 Å². The van der Waals surface area contributed by atoms with Gasteiger partial charge in [-0.05, 0) is 62.2 Å². The van der Waals surface area contributed by atoms with E-state index in [-0.39, 0.29) is 4.90 Å². The van der Waals surface area contributed by atoms with Crippen LogP contribution in [0.1, 0.15) is 18.1 Å². The number of aryl methyl sites for hydroxylation is 3. The molecular weight excluding hydrogens is 347 g/mol. The van der Waals surface area contributed by atoms with Gasteiger partial charge in [0.05, 0.1) is 15.1 Å². The first-order chi connectivity index (χ1) is 11.3. The first-order valence-corrected chi connectivity index (χ1v) is 9.74. The average molecular weight is 364 g/mol. The molecule has 3 rings (SSSR count). The van der Waals surface area contributed by atoms with Crippen LogP contribution in [0.5, 0.6) is 0 Å². The Morgan fingerprint density at radius 2 is 1.83 bits per heavy atom. The molecule has 0 N–H and O–H groups in total. The molecule has 0 amide bonds. The van der Waals surface area contributed by atoms with E-state index in [0.29, 0.717) is 11.3 Å². The predicted molar refractivity (Wildman–Crippen MR) is 94.1 cm³/mol. The van der Waals surface area contributed by atoms with Gasteiger partial charge in [-0.25, -0.2) is 4.39 Å². The standard InChI is InChI=1S/C17H17FN2O2S2/c1-4-20-15-10-11(2)9-12(3)16(15)23-17(20)19-24(21,22)14-7-5-13(18)6-8-14/h5-10H,4H2,1-3H3. The lowest BCUT2D eigenvalue weighted by Gasteiger charge is -2.03. The summed E-state index contributed by atoms with van der Waals surface area (Å²) in [6.07, 6.45) is 0. The summed E-state index contributed by atoms with van der Waals surface area (Å²) >= 11 is 1.35. The van der Waals surface area contributed by atoms with Crippen molar-refractivity contribution in [3.8, 4) is 0 Å². The van der Waals surface area contributed by atoms with Crippen LogP contribution in [-0.4, -0.2) is 13.0 Å². The molecule has 0 radical (unpaired) electrons. The second-order valence-corrected chi connectivity index (χ2v) is 8.16. The lowest BCUT2D eigenvalue weighted by Crippen LogP contribution is -2.16. The third-order valence-electron chi connectivity index (χ3n) is 3.74. The Balaban J connectivity index is 2.27. The van der Waals surface area contributed by atoms with Crippen LogP contribution in [0.2, 0.25) is 0 Å². The number of hydrogen-bond donors (Lipinski definition) is 0. The van der Waals surface area contributed by atoms with E-state index < -0.39 is 15.8 Å². The lowest BCUT2D eigenvalue weighted by molar-refractivity contribution is 0.594. The zero-order chi connectivity index (χ0) is 17.5. The van der Waals surface area contributed by atoms with E-state index >= 15 is 0 Å². The van der Waals surface area contributed by atoms with Gasteiger partial charge in [0.25, 0.3) is 10.0 Å². The molecule has 0 aliphatic heterocycles. The van der Waals surface area contributed by atoms with Crippen LogP contribution >= 0.6 is 11.3 Å². The van der Waals surface area contributed by atoms with E-state index in [4.69, 9.17) is 0 Å². The van der Waals surface area contributed by atoms with Crippen molar-refractivity contribution < 1.29 is 12.8 Å². The van der Waals surface area contributed by atoms with E-state index in [0.717, 1.165) is 33.5 Å². The summed E-state index contributed by atoms with van der Waals surface area (Å²) in [7, 11) is -3.89. The lowest BCUT2D eigenvalue weighted by atomic mass is 10.1. The van der Waals surface area contributed by atoms with Gasteiger partial charge in [-0.15, -0.1) is 4.40 Å². The number of nitrogens with zero attached hydrogens (tertiary/aromatic N) is 2. The van der Waals surface area contributed by atoms with E-state index in [1.807, 2.05) is 31.4 Å². The van der Waals surface area contributed by atoms with Crippen molar-refractivity contribution in [2.45, 2.75) is 32.2 Å². The van der Waals surface area contributed by atoms with Crippen LogP contribution in [0.15, 0.2) is 45.7 Å². The fraction of sp³-hybridized carbons (Fsp3) is 0.235. The van der Waals surface area contributed by atoms with Crippen molar-refractivity contribution in [1.82, 2.24) is 4.57 Å². The number of fused-ring (bicyclic) bond motifs is 1. The molecule has 24 heavy (non-hydrogen) atoms. The largest absolute Gasteiger partial charge is 0.316 e. The van der Waals surface area contributed by atoms with E-state index in [9.17, 15) is 12.8 Å². The summed E-state index contributed by atoms with van der Waals surface area (Å²) in [4.78, 5) is 0.405. The molecule has 1 aromatic heterocycles.